The Balaban J connectivity index is 0.000000345. The summed E-state index contributed by atoms with van der Waals surface area (Å²) >= 11 is 1.85. The van der Waals surface area contributed by atoms with E-state index in [4.69, 9.17) is 14.6 Å². The van der Waals surface area contributed by atoms with E-state index in [2.05, 4.69) is 4.98 Å². The third-order valence-electron chi connectivity index (χ3n) is 4.30. The molecule has 3 heterocycles. The zero-order valence-corrected chi connectivity index (χ0v) is 16.7. The van der Waals surface area contributed by atoms with Gasteiger partial charge < -0.3 is 9.84 Å². The number of thioether (sulfide) groups is 1. The van der Waals surface area contributed by atoms with Crippen LogP contribution < -0.4 is 0 Å². The van der Waals surface area contributed by atoms with Gasteiger partial charge in [-0.2, -0.15) is 17.5 Å². The van der Waals surface area contributed by atoms with Crippen molar-refractivity contribution in [1.29, 1.82) is 0 Å². The number of nitrogens with zero attached hydrogens (tertiary/aromatic N) is 2. The lowest BCUT2D eigenvalue weighted by molar-refractivity contribution is -0.192. The fourth-order valence-corrected chi connectivity index (χ4v) is 5.76. The maximum absolute atomic E-state index is 11.8. The minimum absolute atomic E-state index is 0.0804. The summed E-state index contributed by atoms with van der Waals surface area (Å²) in [6, 6.07) is 5.80. The molecule has 1 aromatic heterocycles. The van der Waals surface area contributed by atoms with Crippen molar-refractivity contribution in [3.05, 3.63) is 30.1 Å². The molecule has 2 aliphatic rings. The molecular weight excluding hydrogens is 421 g/mol. The lowest BCUT2D eigenvalue weighted by Crippen LogP contribution is -2.60. The van der Waals surface area contributed by atoms with E-state index in [-0.39, 0.29) is 16.6 Å². The number of ether oxygens (including phenoxy) is 1. The molecule has 2 saturated heterocycles. The summed E-state index contributed by atoms with van der Waals surface area (Å²) in [4.78, 5) is 13.1. The predicted octanol–water partition coefficient (Wildman–Crippen LogP) is 2.14. The Morgan fingerprint density at radius 1 is 1.43 bits per heavy atom. The van der Waals surface area contributed by atoms with Crippen LogP contribution in [0, 0.1) is 0 Å². The van der Waals surface area contributed by atoms with E-state index in [1.165, 1.54) is 0 Å². The zero-order valence-electron chi connectivity index (χ0n) is 15.1. The van der Waals surface area contributed by atoms with E-state index in [9.17, 15) is 21.6 Å². The zero-order chi connectivity index (χ0) is 21.0. The Morgan fingerprint density at radius 3 is 2.57 bits per heavy atom. The van der Waals surface area contributed by atoms with Crippen molar-refractivity contribution in [3.63, 3.8) is 0 Å². The van der Waals surface area contributed by atoms with E-state index >= 15 is 0 Å². The molecule has 1 aromatic rings. The number of rotatable bonds is 5. The smallest absolute Gasteiger partial charge is 0.475 e. The molecule has 28 heavy (non-hydrogen) atoms. The van der Waals surface area contributed by atoms with Crippen molar-refractivity contribution in [2.24, 2.45) is 0 Å². The molecule has 3 rings (SSSR count). The molecule has 0 aromatic carbocycles. The van der Waals surface area contributed by atoms with Crippen molar-refractivity contribution >= 4 is 27.8 Å². The molecule has 0 aliphatic carbocycles. The summed E-state index contributed by atoms with van der Waals surface area (Å²) in [5.41, 5.74) is 0.937. The van der Waals surface area contributed by atoms with Crippen LogP contribution in [0.2, 0.25) is 0 Å². The Bertz CT molecular complexity index is 768. The standard InChI is InChI=1S/C14H20N2O3S2.C2HF3O2/c1-2-21(17,18)16-10-14(11-16)7-13(9-20-14)19-8-12-5-3-4-6-15-12;3-2(4,5)1(6)7/h3-6,13H,2,7-11H2,1H3;(H,6,7). The lowest BCUT2D eigenvalue weighted by atomic mass is 9.95. The first-order valence-electron chi connectivity index (χ1n) is 8.41. The molecule has 0 saturated carbocycles. The highest BCUT2D eigenvalue weighted by atomic mass is 32.2. The number of aromatic nitrogens is 1. The van der Waals surface area contributed by atoms with Gasteiger partial charge in [-0.1, -0.05) is 6.07 Å². The molecule has 12 heteroatoms. The van der Waals surface area contributed by atoms with E-state index in [0.29, 0.717) is 19.7 Å². The number of pyridine rings is 1. The number of carbonyl (C=O) groups is 1. The van der Waals surface area contributed by atoms with Gasteiger partial charge in [0.05, 0.1) is 24.2 Å². The summed E-state index contributed by atoms with van der Waals surface area (Å²) in [7, 11) is -3.03. The van der Waals surface area contributed by atoms with Crippen molar-refractivity contribution < 1.29 is 36.2 Å². The lowest BCUT2D eigenvalue weighted by Gasteiger charge is -2.46. The molecule has 7 nitrogen and oxygen atoms in total. The molecule has 0 radical (unpaired) electrons. The van der Waals surface area contributed by atoms with Gasteiger partial charge in [0, 0.05) is 29.8 Å². The highest BCUT2D eigenvalue weighted by molar-refractivity contribution is 8.01. The highest BCUT2D eigenvalue weighted by Crippen LogP contribution is 2.47. The minimum atomic E-state index is -5.08. The number of hydrogen-bond donors (Lipinski definition) is 1. The predicted molar refractivity (Wildman–Crippen MR) is 97.3 cm³/mol. The minimum Gasteiger partial charge on any atom is -0.475 e. The Hall–Kier alpha value is -1.37. The van der Waals surface area contributed by atoms with Gasteiger partial charge in [0.15, 0.2) is 0 Å². The molecule has 1 atom stereocenters. The third kappa shape index (κ3) is 6.06. The van der Waals surface area contributed by atoms with Gasteiger partial charge in [-0.15, -0.1) is 11.8 Å². The molecule has 0 amide bonds. The molecule has 2 fully saturated rings. The second-order valence-electron chi connectivity index (χ2n) is 6.42. The first-order chi connectivity index (χ1) is 13.0. The average molecular weight is 442 g/mol. The summed E-state index contributed by atoms with van der Waals surface area (Å²) in [6.45, 7) is 3.49. The van der Waals surface area contributed by atoms with Crippen LogP contribution in [-0.4, -0.2) is 70.4 Å². The molecular formula is C16H21F3N2O5S2. The van der Waals surface area contributed by atoms with Gasteiger partial charge in [-0.3, -0.25) is 4.98 Å². The number of carboxylic acid groups (broad SMARTS) is 1. The molecule has 1 N–H and O–H groups in total. The SMILES string of the molecule is CCS(=O)(=O)N1CC2(CC(OCc3ccccn3)CS2)C1.O=C(O)C(F)(F)F. The van der Waals surface area contributed by atoms with Crippen molar-refractivity contribution in [2.75, 3.05) is 24.6 Å². The van der Waals surface area contributed by atoms with Gasteiger partial charge in [0.25, 0.3) is 0 Å². The number of sulfonamides is 1. The normalized spacial score (nSPS) is 21.6. The van der Waals surface area contributed by atoms with E-state index < -0.39 is 22.2 Å². The Labute approximate surface area is 165 Å². The molecule has 158 valence electrons. The molecule has 0 bridgehead atoms. The van der Waals surface area contributed by atoms with Gasteiger partial charge in [0.2, 0.25) is 10.0 Å². The van der Waals surface area contributed by atoms with Gasteiger partial charge in [-0.25, -0.2) is 13.2 Å². The van der Waals surface area contributed by atoms with Gasteiger partial charge in [-0.05, 0) is 25.5 Å². The second kappa shape index (κ2) is 8.97. The van der Waals surface area contributed by atoms with Crippen LogP contribution in [0.5, 0.6) is 0 Å². The fourth-order valence-electron chi connectivity index (χ4n) is 2.79. The quantitative estimate of drug-likeness (QED) is 0.746. The van der Waals surface area contributed by atoms with Gasteiger partial charge >= 0.3 is 12.1 Å². The highest BCUT2D eigenvalue weighted by Gasteiger charge is 2.52. The van der Waals surface area contributed by atoms with Crippen molar-refractivity contribution in [2.45, 2.75) is 37.0 Å². The Kier molecular flexibility index (Phi) is 7.34. The number of halogens is 3. The fraction of sp³-hybridized carbons (Fsp3) is 0.625. The van der Waals surface area contributed by atoms with Crippen LogP contribution in [-0.2, 0) is 26.2 Å². The van der Waals surface area contributed by atoms with Crippen molar-refractivity contribution in [1.82, 2.24) is 9.29 Å². The number of aliphatic carboxylic acids is 1. The largest absolute Gasteiger partial charge is 0.490 e. The first kappa shape index (κ1) is 22.9. The van der Waals surface area contributed by atoms with E-state index in [1.54, 1.807) is 17.4 Å². The third-order valence-corrected chi connectivity index (χ3v) is 7.65. The van der Waals surface area contributed by atoms with Crippen LogP contribution in [0.15, 0.2) is 24.4 Å². The summed E-state index contributed by atoms with van der Waals surface area (Å²) in [6.07, 6.45) is -2.19. The maximum Gasteiger partial charge on any atom is 0.490 e. The average Bonchev–Trinajstić information content (AvgIpc) is 3.04. The van der Waals surface area contributed by atoms with Crippen LogP contribution in [0.25, 0.3) is 0 Å². The maximum atomic E-state index is 11.8. The molecule has 2 aliphatic heterocycles. The second-order valence-corrected chi connectivity index (χ2v) is 10.2. The monoisotopic (exact) mass is 442 g/mol. The topological polar surface area (TPSA) is 96.8 Å². The van der Waals surface area contributed by atoms with Crippen molar-refractivity contribution in [3.8, 4) is 0 Å². The van der Waals surface area contributed by atoms with E-state index in [1.807, 2.05) is 30.0 Å². The van der Waals surface area contributed by atoms with Crippen LogP contribution in [0.4, 0.5) is 13.2 Å². The molecule has 1 unspecified atom stereocenters. The van der Waals surface area contributed by atoms with Gasteiger partial charge in [0.1, 0.15) is 0 Å². The number of alkyl halides is 3. The summed E-state index contributed by atoms with van der Waals surface area (Å²) < 4.78 is 62.9. The van der Waals surface area contributed by atoms with Crippen LogP contribution in [0.1, 0.15) is 19.0 Å². The van der Waals surface area contributed by atoms with E-state index in [0.717, 1.165) is 17.9 Å². The van der Waals surface area contributed by atoms with Crippen LogP contribution >= 0.6 is 11.8 Å². The number of carboxylic acids is 1. The first-order valence-corrected chi connectivity index (χ1v) is 11.0. The number of hydrogen-bond acceptors (Lipinski definition) is 6. The Morgan fingerprint density at radius 2 is 2.07 bits per heavy atom. The summed E-state index contributed by atoms with van der Waals surface area (Å²) in [5, 5.41) is 7.12. The summed E-state index contributed by atoms with van der Waals surface area (Å²) in [5.74, 6) is -1.63. The van der Waals surface area contributed by atoms with Crippen LogP contribution in [0.3, 0.4) is 0 Å². The molecule has 1 spiro atoms.